The Hall–Kier alpha value is -3.46. The average Bonchev–Trinajstić information content (AvgIpc) is 3.31. The van der Waals surface area contributed by atoms with Crippen molar-refractivity contribution in [2.24, 2.45) is 18.9 Å². The second kappa shape index (κ2) is 9.38. The van der Waals surface area contributed by atoms with Gasteiger partial charge in [0.25, 0.3) is 0 Å². The van der Waals surface area contributed by atoms with Crippen LogP contribution in [0.5, 0.6) is 0 Å². The van der Waals surface area contributed by atoms with Gasteiger partial charge in [-0.15, -0.1) is 0 Å². The van der Waals surface area contributed by atoms with Crippen LogP contribution in [0.15, 0.2) is 77.3 Å². The maximum absolute atomic E-state index is 15.6. The highest BCUT2D eigenvalue weighted by atomic mass is 19.1. The zero-order valence-electron chi connectivity index (χ0n) is 22.3. The molecular formula is C35H35FNO+. The number of hydrogen-bond donors (Lipinski definition) is 0. The van der Waals surface area contributed by atoms with Crippen molar-refractivity contribution in [2.45, 2.75) is 57.8 Å². The largest absolute Gasteiger partial charge is 0.454 e. The molecule has 3 aromatic carbocycles. The lowest BCUT2D eigenvalue weighted by atomic mass is 9.66. The Bertz CT molecular complexity index is 1660. The number of benzene rings is 3. The molecular weight excluding hydrogens is 469 g/mol. The molecule has 3 heteroatoms. The van der Waals surface area contributed by atoms with Gasteiger partial charge in [-0.25, -0.2) is 8.96 Å². The predicted octanol–water partition coefficient (Wildman–Crippen LogP) is 9.27. The Labute approximate surface area is 224 Å². The first-order valence-corrected chi connectivity index (χ1v) is 14.3. The maximum Gasteiger partial charge on any atom is 0.216 e. The van der Waals surface area contributed by atoms with Crippen molar-refractivity contribution >= 4 is 21.9 Å². The van der Waals surface area contributed by atoms with Gasteiger partial charge in [-0.1, -0.05) is 62.1 Å². The SMILES string of the molecule is Cc1ccc2c(oc3c(-c4cccc(C5CCC6CCCCC6C5)c4)c(F)ccc32)c1-c1cccc[n+]1C. The molecule has 3 unspecified atom stereocenters. The van der Waals surface area contributed by atoms with E-state index in [4.69, 9.17) is 4.42 Å². The minimum absolute atomic E-state index is 0.228. The van der Waals surface area contributed by atoms with E-state index in [1.807, 2.05) is 37.5 Å². The van der Waals surface area contributed by atoms with Gasteiger partial charge in [0.05, 0.1) is 11.1 Å². The van der Waals surface area contributed by atoms with Crippen LogP contribution in [-0.4, -0.2) is 0 Å². The van der Waals surface area contributed by atoms with Gasteiger partial charge in [0, 0.05) is 22.9 Å². The topological polar surface area (TPSA) is 17.0 Å². The summed E-state index contributed by atoms with van der Waals surface area (Å²) in [7, 11) is 2.05. The molecule has 2 aliphatic rings. The standard InChI is InChI=1S/C35H35FNO/c1-22-13-16-28-29-17-18-30(36)33(35(29)38-34(28)32(22)31-12-5-6-19-37(31)2)27-11-7-10-25(21-27)26-15-14-23-8-3-4-9-24(23)20-26/h5-7,10-13,16-19,21,23-24,26H,3-4,8-9,14-15,20H2,1-2H3/q+1. The molecule has 2 fully saturated rings. The Kier molecular flexibility index (Phi) is 5.83. The summed E-state index contributed by atoms with van der Waals surface area (Å²) < 4.78 is 24.4. The highest BCUT2D eigenvalue weighted by molar-refractivity contribution is 6.13. The zero-order chi connectivity index (χ0) is 25.8. The first-order chi connectivity index (χ1) is 18.6. The third kappa shape index (κ3) is 3.86. The second-order valence-electron chi connectivity index (χ2n) is 11.7. The van der Waals surface area contributed by atoms with Crippen molar-refractivity contribution in [1.29, 1.82) is 0 Å². The van der Waals surface area contributed by atoms with Crippen LogP contribution < -0.4 is 4.57 Å². The molecule has 7 rings (SSSR count). The third-order valence-corrected chi connectivity index (χ3v) is 9.46. The lowest BCUT2D eigenvalue weighted by molar-refractivity contribution is -0.660. The highest BCUT2D eigenvalue weighted by Crippen LogP contribution is 2.47. The molecule has 3 atom stereocenters. The highest BCUT2D eigenvalue weighted by Gasteiger charge is 2.33. The molecule has 38 heavy (non-hydrogen) atoms. The molecule has 2 nitrogen and oxygen atoms in total. The molecule has 2 aliphatic carbocycles. The van der Waals surface area contributed by atoms with E-state index in [1.54, 1.807) is 6.07 Å². The van der Waals surface area contributed by atoms with Crippen LogP contribution in [0.4, 0.5) is 4.39 Å². The van der Waals surface area contributed by atoms with Crippen LogP contribution in [0, 0.1) is 24.6 Å². The van der Waals surface area contributed by atoms with E-state index >= 15 is 4.39 Å². The van der Waals surface area contributed by atoms with Crippen molar-refractivity contribution in [3.63, 3.8) is 0 Å². The molecule has 5 aromatic rings. The van der Waals surface area contributed by atoms with Crippen LogP contribution in [0.2, 0.25) is 0 Å². The fraction of sp³-hybridized carbons (Fsp3) is 0.343. The second-order valence-corrected chi connectivity index (χ2v) is 11.7. The van der Waals surface area contributed by atoms with E-state index in [0.29, 0.717) is 17.1 Å². The quantitative estimate of drug-likeness (QED) is 0.224. The van der Waals surface area contributed by atoms with Crippen LogP contribution in [0.3, 0.4) is 0 Å². The number of nitrogens with zero attached hydrogens (tertiary/aromatic N) is 1. The average molecular weight is 505 g/mol. The van der Waals surface area contributed by atoms with E-state index in [0.717, 1.165) is 50.6 Å². The number of aryl methyl sites for hydroxylation is 2. The van der Waals surface area contributed by atoms with E-state index in [1.165, 1.54) is 50.5 Å². The summed E-state index contributed by atoms with van der Waals surface area (Å²) in [4.78, 5) is 0. The number of fused-ring (bicyclic) bond motifs is 4. The van der Waals surface area contributed by atoms with Gasteiger partial charge in [0.1, 0.15) is 24.0 Å². The van der Waals surface area contributed by atoms with E-state index < -0.39 is 0 Å². The molecule has 192 valence electrons. The molecule has 2 saturated carbocycles. The van der Waals surface area contributed by atoms with Gasteiger partial charge < -0.3 is 4.42 Å². The first-order valence-electron chi connectivity index (χ1n) is 14.3. The number of rotatable bonds is 3. The summed E-state index contributed by atoms with van der Waals surface area (Å²) in [6.07, 6.45) is 11.5. The maximum atomic E-state index is 15.6. The van der Waals surface area contributed by atoms with Gasteiger partial charge in [-0.05, 0) is 78.8 Å². The first kappa shape index (κ1) is 23.6. The molecule has 0 bridgehead atoms. The van der Waals surface area contributed by atoms with Gasteiger partial charge in [-0.2, -0.15) is 0 Å². The Morgan fingerprint density at radius 3 is 2.42 bits per heavy atom. The molecule has 2 heterocycles. The molecule has 0 radical (unpaired) electrons. The van der Waals surface area contributed by atoms with Gasteiger partial charge >= 0.3 is 0 Å². The number of hydrogen-bond acceptors (Lipinski definition) is 1. The number of aromatic nitrogens is 1. The Morgan fingerprint density at radius 2 is 1.58 bits per heavy atom. The van der Waals surface area contributed by atoms with Gasteiger partial charge in [0.2, 0.25) is 5.69 Å². The minimum Gasteiger partial charge on any atom is -0.454 e. The molecule has 0 spiro atoms. The van der Waals surface area contributed by atoms with E-state index in [9.17, 15) is 0 Å². The summed E-state index contributed by atoms with van der Waals surface area (Å²) in [5, 5.41) is 1.99. The number of furan rings is 1. The molecule has 0 amide bonds. The molecule has 2 aromatic heterocycles. The van der Waals surface area contributed by atoms with E-state index in [-0.39, 0.29) is 5.82 Å². The minimum atomic E-state index is -0.228. The van der Waals surface area contributed by atoms with Crippen LogP contribution >= 0.6 is 0 Å². The van der Waals surface area contributed by atoms with Crippen LogP contribution in [0.1, 0.15) is 62.0 Å². The third-order valence-electron chi connectivity index (χ3n) is 9.46. The summed E-state index contributed by atoms with van der Waals surface area (Å²) in [5.41, 5.74) is 7.58. The molecule has 0 saturated heterocycles. The van der Waals surface area contributed by atoms with Crippen LogP contribution in [0.25, 0.3) is 44.3 Å². The smallest absolute Gasteiger partial charge is 0.216 e. The monoisotopic (exact) mass is 504 g/mol. The molecule has 0 aliphatic heterocycles. The normalized spacial score (nSPS) is 21.6. The Balaban J connectivity index is 1.36. The zero-order valence-corrected chi connectivity index (χ0v) is 22.3. The van der Waals surface area contributed by atoms with Gasteiger partial charge in [0.15, 0.2) is 6.20 Å². The number of pyridine rings is 1. The summed E-state index contributed by atoms with van der Waals surface area (Å²) in [6, 6.07) is 22.6. The van der Waals surface area contributed by atoms with Crippen LogP contribution in [-0.2, 0) is 7.05 Å². The fourth-order valence-corrected chi connectivity index (χ4v) is 7.47. The lowest BCUT2D eigenvalue weighted by Crippen LogP contribution is -2.30. The van der Waals surface area contributed by atoms with Crippen molar-refractivity contribution in [2.75, 3.05) is 0 Å². The predicted molar refractivity (Wildman–Crippen MR) is 153 cm³/mol. The lowest BCUT2D eigenvalue weighted by Gasteiger charge is -2.39. The van der Waals surface area contributed by atoms with Crippen molar-refractivity contribution in [1.82, 2.24) is 0 Å². The van der Waals surface area contributed by atoms with Gasteiger partial charge in [-0.3, -0.25) is 0 Å². The Morgan fingerprint density at radius 1 is 0.789 bits per heavy atom. The number of halogens is 1. The summed E-state index contributed by atoms with van der Waals surface area (Å²) in [6.45, 7) is 2.11. The molecule has 0 N–H and O–H groups in total. The summed E-state index contributed by atoms with van der Waals surface area (Å²) in [5.74, 6) is 2.13. The summed E-state index contributed by atoms with van der Waals surface area (Å²) >= 11 is 0. The van der Waals surface area contributed by atoms with E-state index in [2.05, 4.69) is 47.9 Å². The van der Waals surface area contributed by atoms with Crippen molar-refractivity contribution in [3.8, 4) is 22.4 Å². The fourth-order valence-electron chi connectivity index (χ4n) is 7.47. The van der Waals surface area contributed by atoms with Crippen molar-refractivity contribution in [3.05, 3.63) is 89.9 Å². The van der Waals surface area contributed by atoms with Crippen molar-refractivity contribution < 1.29 is 13.4 Å².